The lowest BCUT2D eigenvalue weighted by Crippen LogP contribution is -2.28. The van der Waals surface area contributed by atoms with Crippen LogP contribution in [-0.2, 0) is 22.6 Å². The van der Waals surface area contributed by atoms with Crippen molar-refractivity contribution >= 4 is 17.0 Å². The van der Waals surface area contributed by atoms with Crippen molar-refractivity contribution in [3.63, 3.8) is 0 Å². The molecule has 0 aliphatic carbocycles. The van der Waals surface area contributed by atoms with Gasteiger partial charge in [-0.25, -0.2) is 0 Å². The third-order valence-electron chi connectivity index (χ3n) is 3.67. The molecule has 0 radical (unpaired) electrons. The number of imidazole rings is 1. The molecule has 112 valence electrons. The first kappa shape index (κ1) is 14.1. The first-order valence-corrected chi connectivity index (χ1v) is 7.04. The lowest BCUT2D eigenvalue weighted by Gasteiger charge is -2.04. The van der Waals surface area contributed by atoms with E-state index in [0.717, 1.165) is 16.6 Å². The summed E-state index contributed by atoms with van der Waals surface area (Å²) in [6, 6.07) is 17.7. The summed E-state index contributed by atoms with van der Waals surface area (Å²) < 4.78 is 8.30. The zero-order valence-electron chi connectivity index (χ0n) is 12.3. The maximum atomic E-state index is 11.6. The first-order valence-electron chi connectivity index (χ1n) is 7.04. The van der Waals surface area contributed by atoms with Gasteiger partial charge in [0, 0.05) is 0 Å². The van der Waals surface area contributed by atoms with E-state index in [9.17, 15) is 4.79 Å². The second kappa shape index (κ2) is 5.89. The van der Waals surface area contributed by atoms with Gasteiger partial charge in [0.15, 0.2) is 0 Å². The largest absolute Gasteiger partial charge is 0.468 e. The summed E-state index contributed by atoms with van der Waals surface area (Å²) in [5.41, 5.74) is 3.19. The molecule has 0 fully saturated rings. The van der Waals surface area contributed by atoms with E-state index < -0.39 is 0 Å². The predicted molar refractivity (Wildman–Crippen MR) is 83.3 cm³/mol. The maximum absolute atomic E-state index is 11.6. The number of aromatic nitrogens is 2. The smallest absolute Gasteiger partial charge is 0.325 e. The molecule has 3 aromatic rings. The number of para-hydroxylation sites is 2. The average Bonchev–Trinajstić information content (AvgIpc) is 2.82. The number of hydrogen-bond acceptors (Lipinski definition) is 3. The fraction of sp³-hybridized carbons (Fsp3) is 0.176. The van der Waals surface area contributed by atoms with Crippen molar-refractivity contribution in [3.8, 4) is 0 Å². The highest BCUT2D eigenvalue weighted by atomic mass is 16.5. The van der Waals surface area contributed by atoms with Crippen molar-refractivity contribution in [2.75, 3.05) is 7.11 Å². The van der Waals surface area contributed by atoms with E-state index in [-0.39, 0.29) is 18.1 Å². The highest BCUT2D eigenvalue weighted by Gasteiger charge is 2.13. The molecular formula is C17H17N3O2. The fourth-order valence-electron chi connectivity index (χ4n) is 2.57. The van der Waals surface area contributed by atoms with Crippen LogP contribution in [0.2, 0.25) is 0 Å². The number of methoxy groups -OCH3 is 1. The third kappa shape index (κ3) is 2.53. The van der Waals surface area contributed by atoms with E-state index >= 15 is 0 Å². The zero-order valence-corrected chi connectivity index (χ0v) is 12.3. The summed E-state index contributed by atoms with van der Waals surface area (Å²) in [6.45, 7) is 0.631. The Kier molecular flexibility index (Phi) is 3.78. The van der Waals surface area contributed by atoms with E-state index in [1.54, 1.807) is 4.57 Å². The number of carbonyl (C=O) groups is 1. The van der Waals surface area contributed by atoms with E-state index in [0.29, 0.717) is 6.54 Å². The number of nitrogens with one attached hydrogen (secondary N) is 1. The number of fused-ring (bicyclic) bond motifs is 1. The van der Waals surface area contributed by atoms with Crippen LogP contribution in [0.1, 0.15) is 5.56 Å². The number of esters is 1. The van der Waals surface area contributed by atoms with Crippen LogP contribution < -0.4 is 5.62 Å². The Morgan fingerprint density at radius 3 is 2.23 bits per heavy atom. The molecule has 0 saturated carbocycles. The number of hydrogen-bond donors (Lipinski definition) is 1. The summed E-state index contributed by atoms with van der Waals surface area (Å²) >= 11 is 0. The van der Waals surface area contributed by atoms with Crippen LogP contribution in [0.4, 0.5) is 0 Å². The quantitative estimate of drug-likeness (QED) is 0.750. The van der Waals surface area contributed by atoms with Crippen LogP contribution in [0.5, 0.6) is 0 Å². The third-order valence-corrected chi connectivity index (χ3v) is 3.67. The van der Waals surface area contributed by atoms with Gasteiger partial charge in [0.2, 0.25) is 5.62 Å². The summed E-state index contributed by atoms with van der Waals surface area (Å²) in [6.07, 6.45) is 0. The zero-order chi connectivity index (χ0) is 15.5. The normalized spacial score (nSPS) is 10.8. The van der Waals surface area contributed by atoms with Crippen molar-refractivity contribution < 1.29 is 9.53 Å². The van der Waals surface area contributed by atoms with Gasteiger partial charge in [-0.2, -0.15) is 0 Å². The molecule has 3 rings (SSSR count). The lowest BCUT2D eigenvalue weighted by molar-refractivity contribution is -0.141. The summed E-state index contributed by atoms with van der Waals surface area (Å²) in [4.78, 5) is 11.6. The Morgan fingerprint density at radius 2 is 1.59 bits per heavy atom. The Balaban J connectivity index is 2.12. The van der Waals surface area contributed by atoms with Crippen molar-refractivity contribution in [2.45, 2.75) is 13.1 Å². The van der Waals surface area contributed by atoms with Crippen LogP contribution >= 0.6 is 0 Å². The number of ether oxygens (including phenoxy) is 1. The van der Waals surface area contributed by atoms with Crippen molar-refractivity contribution in [1.82, 2.24) is 9.13 Å². The molecule has 5 heteroatoms. The van der Waals surface area contributed by atoms with Crippen LogP contribution in [0.15, 0.2) is 54.6 Å². The molecule has 22 heavy (non-hydrogen) atoms. The molecule has 0 aliphatic heterocycles. The summed E-state index contributed by atoms with van der Waals surface area (Å²) in [7, 11) is 1.36. The molecule has 0 spiro atoms. The van der Waals surface area contributed by atoms with Gasteiger partial charge in [-0.3, -0.25) is 14.8 Å². The number of benzene rings is 2. The molecule has 1 aromatic heterocycles. The van der Waals surface area contributed by atoms with Gasteiger partial charge in [0.1, 0.15) is 6.54 Å². The first-order chi connectivity index (χ1) is 10.7. The van der Waals surface area contributed by atoms with Crippen LogP contribution in [-0.4, -0.2) is 22.2 Å². The molecule has 5 nitrogen and oxygen atoms in total. The summed E-state index contributed by atoms with van der Waals surface area (Å²) in [5.74, 6) is -0.360. The Hall–Kier alpha value is -2.82. The van der Waals surface area contributed by atoms with Crippen molar-refractivity contribution in [2.24, 2.45) is 0 Å². The molecule has 0 aliphatic rings. The number of rotatable bonds is 4. The van der Waals surface area contributed by atoms with Gasteiger partial charge in [-0.05, 0) is 17.7 Å². The van der Waals surface area contributed by atoms with Gasteiger partial charge in [0.05, 0.1) is 24.7 Å². The van der Waals surface area contributed by atoms with E-state index in [1.165, 1.54) is 7.11 Å². The topological polar surface area (TPSA) is 60.0 Å². The fourth-order valence-corrected chi connectivity index (χ4v) is 2.57. The van der Waals surface area contributed by atoms with Gasteiger partial charge in [-0.15, -0.1) is 0 Å². The van der Waals surface area contributed by atoms with Gasteiger partial charge >= 0.3 is 5.97 Å². The number of carbonyl (C=O) groups excluding carboxylic acids is 1. The second-order valence-electron chi connectivity index (χ2n) is 5.05. The van der Waals surface area contributed by atoms with Crippen LogP contribution in [0, 0.1) is 5.41 Å². The highest BCUT2D eigenvalue weighted by Crippen LogP contribution is 2.14. The predicted octanol–water partition coefficient (Wildman–Crippen LogP) is 2.14. The Bertz CT molecular complexity index is 862. The van der Waals surface area contributed by atoms with Gasteiger partial charge < -0.3 is 9.30 Å². The van der Waals surface area contributed by atoms with Crippen molar-refractivity contribution in [1.29, 1.82) is 5.41 Å². The van der Waals surface area contributed by atoms with Gasteiger partial charge in [0.25, 0.3) is 0 Å². The SMILES string of the molecule is COC(=O)Cn1c(=N)n(Cc2ccccc2)c2ccccc21. The minimum absolute atomic E-state index is 0.0393. The van der Waals surface area contributed by atoms with E-state index in [2.05, 4.69) is 0 Å². The van der Waals surface area contributed by atoms with E-state index in [4.69, 9.17) is 10.1 Å². The van der Waals surface area contributed by atoms with Gasteiger partial charge in [-0.1, -0.05) is 42.5 Å². The number of nitrogens with zero attached hydrogens (tertiary/aromatic N) is 2. The molecule has 0 bridgehead atoms. The second-order valence-corrected chi connectivity index (χ2v) is 5.05. The molecule has 0 unspecified atom stereocenters. The summed E-state index contributed by atoms with van der Waals surface area (Å²) in [5, 5.41) is 8.41. The maximum Gasteiger partial charge on any atom is 0.325 e. The molecule has 0 saturated heterocycles. The Labute approximate surface area is 127 Å². The molecule has 1 N–H and O–H groups in total. The standard InChI is InChI=1S/C17H17N3O2/c1-22-16(21)12-20-15-10-6-5-9-14(15)19(17(20)18)11-13-7-3-2-4-8-13/h2-10,18H,11-12H2,1H3. The molecule has 1 heterocycles. The molecule has 0 atom stereocenters. The molecular weight excluding hydrogens is 278 g/mol. The molecule has 0 amide bonds. The van der Waals surface area contributed by atoms with E-state index in [1.807, 2.05) is 59.2 Å². The molecule has 2 aromatic carbocycles. The average molecular weight is 295 g/mol. The van der Waals surface area contributed by atoms with Crippen molar-refractivity contribution in [3.05, 3.63) is 65.8 Å². The lowest BCUT2D eigenvalue weighted by atomic mass is 10.2. The van der Waals surface area contributed by atoms with Crippen LogP contribution in [0.25, 0.3) is 11.0 Å². The monoisotopic (exact) mass is 295 g/mol. The van der Waals surface area contributed by atoms with Crippen LogP contribution in [0.3, 0.4) is 0 Å². The Morgan fingerprint density at radius 1 is 1.00 bits per heavy atom. The minimum atomic E-state index is -0.360. The minimum Gasteiger partial charge on any atom is -0.468 e. The highest BCUT2D eigenvalue weighted by molar-refractivity contribution is 5.78.